The number of nitrogens with one attached hydrogen (secondary N) is 1. The van der Waals surface area contributed by atoms with Gasteiger partial charge in [0.1, 0.15) is 4.75 Å². The Kier molecular flexibility index (Phi) is 8.94. The molecule has 0 spiro atoms. The van der Waals surface area contributed by atoms with Crippen LogP contribution in [0.3, 0.4) is 0 Å². The average Bonchev–Trinajstić information content (AvgIpc) is 3.06. The lowest BCUT2D eigenvalue weighted by Gasteiger charge is -2.41. The number of thioether (sulfide) groups is 1. The first-order chi connectivity index (χ1) is 22.9. The summed E-state index contributed by atoms with van der Waals surface area (Å²) >= 11 is 1.63. The molecule has 0 radical (unpaired) electrons. The first-order valence-corrected chi connectivity index (χ1v) is 17.6. The molecule has 0 atom stereocenters. The molecular weight excluding hydrogens is 611 g/mol. The predicted octanol–water partition coefficient (Wildman–Crippen LogP) is 9.16. The zero-order chi connectivity index (χ0) is 34.4. The van der Waals surface area contributed by atoms with Gasteiger partial charge in [-0.05, 0) is 60.0 Å². The Morgan fingerprint density at radius 3 is 1.65 bits per heavy atom. The van der Waals surface area contributed by atoms with Gasteiger partial charge in [0.05, 0.1) is 5.69 Å². The zero-order valence-corrected chi connectivity index (χ0v) is 30.5. The molecule has 48 heavy (non-hydrogen) atoms. The van der Waals surface area contributed by atoms with E-state index in [1.807, 2.05) is 20.8 Å². The van der Waals surface area contributed by atoms with Crippen molar-refractivity contribution < 1.29 is 4.79 Å². The molecule has 0 saturated carbocycles. The van der Waals surface area contributed by atoms with Crippen molar-refractivity contribution in [1.82, 2.24) is 5.32 Å². The molecule has 248 valence electrons. The number of carbonyl (C=O) groups excluding carboxylic acids is 1. The van der Waals surface area contributed by atoms with E-state index in [4.69, 9.17) is 4.99 Å². The van der Waals surface area contributed by atoms with Gasteiger partial charge in [-0.1, -0.05) is 99.3 Å². The lowest BCUT2D eigenvalue weighted by atomic mass is 9.78. The van der Waals surface area contributed by atoms with E-state index in [2.05, 4.69) is 153 Å². The van der Waals surface area contributed by atoms with Crippen LogP contribution < -0.4 is 20.0 Å². The fraction of sp³-hybridized carbons (Fsp3) is 0.317. The molecule has 1 aliphatic rings. The molecular formula is C41H47N5OS. The van der Waals surface area contributed by atoms with Gasteiger partial charge in [0.15, 0.2) is 5.17 Å². The number of amidine groups is 1. The fourth-order valence-corrected chi connectivity index (χ4v) is 8.31. The molecule has 6 nitrogen and oxygen atoms in total. The molecule has 1 heterocycles. The van der Waals surface area contributed by atoms with E-state index in [1.54, 1.807) is 11.8 Å². The van der Waals surface area contributed by atoms with Crippen LogP contribution in [0.4, 0.5) is 22.7 Å². The predicted molar refractivity (Wildman–Crippen MR) is 209 cm³/mol. The number of hydrogen-bond acceptors (Lipinski definition) is 6. The quantitative estimate of drug-likeness (QED) is 0.189. The summed E-state index contributed by atoms with van der Waals surface area (Å²) in [5.74, 6) is -0.0633. The zero-order valence-electron chi connectivity index (χ0n) is 29.7. The smallest absolute Gasteiger partial charge is 0.231 e. The molecule has 0 fully saturated rings. The normalized spacial score (nSPS) is 14.0. The molecule has 0 bridgehead atoms. The van der Waals surface area contributed by atoms with Crippen LogP contribution in [0.25, 0.3) is 21.5 Å². The SMILES string of the molecule is CCN(CC)c1ccc2c(c1)N=C(NC(=O)C(C)(C)C)SC2(c1ccc(N(C)C)c2ccccc12)c1ccc(N(C)C)c2ccccc12. The molecule has 1 amide bonds. The minimum atomic E-state index is -0.756. The summed E-state index contributed by atoms with van der Waals surface area (Å²) in [5.41, 5.74) is 7.12. The highest BCUT2D eigenvalue weighted by molar-refractivity contribution is 8.15. The summed E-state index contributed by atoms with van der Waals surface area (Å²) in [6.45, 7) is 12.0. The Bertz CT molecular complexity index is 1950. The number of fused-ring (bicyclic) bond motifs is 3. The maximum atomic E-state index is 13.6. The van der Waals surface area contributed by atoms with Gasteiger partial charge in [-0.25, -0.2) is 4.99 Å². The molecule has 5 aromatic rings. The van der Waals surface area contributed by atoms with E-state index in [-0.39, 0.29) is 5.91 Å². The maximum Gasteiger partial charge on any atom is 0.231 e. The van der Waals surface area contributed by atoms with Gasteiger partial charge in [-0.3, -0.25) is 4.79 Å². The monoisotopic (exact) mass is 657 g/mol. The second kappa shape index (κ2) is 12.8. The van der Waals surface area contributed by atoms with Crippen molar-refractivity contribution >= 4 is 67.1 Å². The first kappa shape index (κ1) is 33.4. The molecule has 0 aromatic heterocycles. The highest BCUT2D eigenvalue weighted by atomic mass is 32.2. The van der Waals surface area contributed by atoms with Crippen molar-refractivity contribution in [2.75, 3.05) is 56.0 Å². The number of aliphatic imine (C=N–C) groups is 1. The summed E-state index contributed by atoms with van der Waals surface area (Å²) in [4.78, 5) is 25.5. The lowest BCUT2D eigenvalue weighted by molar-refractivity contribution is -0.126. The van der Waals surface area contributed by atoms with Gasteiger partial charge >= 0.3 is 0 Å². The van der Waals surface area contributed by atoms with Crippen LogP contribution in [0.5, 0.6) is 0 Å². The van der Waals surface area contributed by atoms with E-state index >= 15 is 0 Å². The third-order valence-corrected chi connectivity index (χ3v) is 10.7. The Labute approximate surface area is 289 Å². The number of rotatable bonds is 7. The summed E-state index contributed by atoms with van der Waals surface area (Å²) in [5, 5.41) is 8.56. The Hall–Kier alpha value is -4.49. The molecule has 0 aliphatic carbocycles. The van der Waals surface area contributed by atoms with Crippen LogP contribution in [0.1, 0.15) is 51.3 Å². The van der Waals surface area contributed by atoms with Crippen molar-refractivity contribution in [3.8, 4) is 0 Å². The molecule has 1 N–H and O–H groups in total. The molecule has 5 aromatic carbocycles. The van der Waals surface area contributed by atoms with Crippen molar-refractivity contribution in [3.05, 3.63) is 108 Å². The van der Waals surface area contributed by atoms with Crippen LogP contribution in [0.2, 0.25) is 0 Å². The minimum absolute atomic E-state index is 0.0633. The standard InChI is InChI=1S/C41H47N5OS/c1-10-46(11-2)27-20-21-34-35(26-27)42-39(43-38(47)40(3,4)5)48-41(34,32-22-24-36(44(6)7)30-18-14-12-16-28(30)32)33-23-25-37(45(8)9)31-19-15-13-17-29(31)33/h12-26H,10-11H2,1-9H3,(H,42,43,47). The summed E-state index contributed by atoms with van der Waals surface area (Å²) in [7, 11) is 8.38. The van der Waals surface area contributed by atoms with E-state index in [0.717, 1.165) is 52.5 Å². The Morgan fingerprint density at radius 1 is 0.708 bits per heavy atom. The van der Waals surface area contributed by atoms with E-state index in [0.29, 0.717) is 5.17 Å². The molecule has 0 saturated heterocycles. The second-order valence-corrected chi connectivity index (χ2v) is 15.1. The van der Waals surface area contributed by atoms with Gasteiger partial charge in [-0.2, -0.15) is 0 Å². The van der Waals surface area contributed by atoms with Crippen molar-refractivity contribution in [2.24, 2.45) is 10.4 Å². The van der Waals surface area contributed by atoms with Gasteiger partial charge in [0.25, 0.3) is 0 Å². The number of benzene rings is 5. The van der Waals surface area contributed by atoms with E-state index in [1.165, 1.54) is 21.5 Å². The number of amides is 1. The van der Waals surface area contributed by atoms with Crippen molar-refractivity contribution in [1.29, 1.82) is 0 Å². The van der Waals surface area contributed by atoms with E-state index < -0.39 is 10.2 Å². The highest BCUT2D eigenvalue weighted by Crippen LogP contribution is 2.58. The van der Waals surface area contributed by atoms with Gasteiger partial charge in [0, 0.05) is 80.1 Å². The highest BCUT2D eigenvalue weighted by Gasteiger charge is 2.46. The first-order valence-electron chi connectivity index (χ1n) is 16.8. The Balaban J connectivity index is 1.78. The number of anilines is 3. The van der Waals surface area contributed by atoms with E-state index in [9.17, 15) is 4.79 Å². The third kappa shape index (κ3) is 5.68. The van der Waals surface area contributed by atoms with Crippen LogP contribution in [-0.4, -0.2) is 52.4 Å². The van der Waals surface area contributed by atoms with Gasteiger partial charge in [-0.15, -0.1) is 0 Å². The minimum Gasteiger partial charge on any atom is -0.377 e. The fourth-order valence-electron chi connectivity index (χ4n) is 6.87. The van der Waals surface area contributed by atoms with Crippen molar-refractivity contribution in [2.45, 2.75) is 39.4 Å². The Morgan fingerprint density at radius 2 is 1.19 bits per heavy atom. The number of nitrogens with zero attached hydrogens (tertiary/aromatic N) is 4. The molecule has 0 unspecified atom stereocenters. The van der Waals surface area contributed by atoms with Crippen LogP contribution in [0.15, 0.2) is 96.0 Å². The molecule has 7 heteroatoms. The molecule has 1 aliphatic heterocycles. The summed E-state index contributed by atoms with van der Waals surface area (Å²) < 4.78 is -0.756. The van der Waals surface area contributed by atoms with Gasteiger partial charge in [0.2, 0.25) is 5.91 Å². The topological polar surface area (TPSA) is 51.2 Å². The largest absolute Gasteiger partial charge is 0.377 e. The molecule has 6 rings (SSSR count). The summed E-state index contributed by atoms with van der Waals surface area (Å²) in [6, 6.07) is 33.1. The number of hydrogen-bond donors (Lipinski definition) is 1. The number of carbonyl (C=O) groups is 1. The second-order valence-electron chi connectivity index (χ2n) is 13.9. The maximum absolute atomic E-state index is 13.6. The average molecular weight is 658 g/mol. The van der Waals surface area contributed by atoms with Crippen LogP contribution in [-0.2, 0) is 9.54 Å². The lowest BCUT2D eigenvalue weighted by Crippen LogP contribution is -2.41. The van der Waals surface area contributed by atoms with Crippen LogP contribution >= 0.6 is 11.8 Å². The van der Waals surface area contributed by atoms with Crippen LogP contribution in [0, 0.1) is 5.41 Å². The third-order valence-electron chi connectivity index (χ3n) is 9.39. The summed E-state index contributed by atoms with van der Waals surface area (Å²) in [6.07, 6.45) is 0. The van der Waals surface area contributed by atoms with Gasteiger partial charge < -0.3 is 20.0 Å². The van der Waals surface area contributed by atoms with Crippen molar-refractivity contribution in [3.63, 3.8) is 0 Å².